The maximum absolute atomic E-state index is 12.6. The first-order valence-electron chi connectivity index (χ1n) is 11.5. The Hall–Kier alpha value is -3.15. The molecule has 0 aromatic heterocycles. The molecule has 188 valence electrons. The number of hydrogen-bond acceptors (Lipinski definition) is 10. The number of phenols is 1. The van der Waals surface area contributed by atoms with E-state index in [0.717, 1.165) is 18.1 Å². The van der Waals surface area contributed by atoms with Gasteiger partial charge in [0.2, 0.25) is 0 Å². The number of piperidine rings is 1. The molecule has 35 heavy (non-hydrogen) atoms. The van der Waals surface area contributed by atoms with Crippen LogP contribution >= 0.6 is 0 Å². The van der Waals surface area contributed by atoms with E-state index in [0.29, 0.717) is 19.4 Å². The highest BCUT2D eigenvalue weighted by Gasteiger charge is 2.72. The second-order valence-corrected chi connectivity index (χ2v) is 9.71. The Morgan fingerprint density at radius 1 is 1.31 bits per heavy atom. The molecule has 0 saturated carbocycles. The highest BCUT2D eigenvalue weighted by Crippen LogP contribution is 2.65. The lowest BCUT2D eigenvalue weighted by Crippen LogP contribution is -2.74. The molecule has 5 rings (SSSR count). The van der Waals surface area contributed by atoms with Crippen molar-refractivity contribution in [2.24, 2.45) is 0 Å². The lowest BCUT2D eigenvalue weighted by Gasteiger charge is -2.61. The predicted molar refractivity (Wildman–Crippen MR) is 116 cm³/mol. The van der Waals surface area contributed by atoms with Crippen molar-refractivity contribution >= 4 is 17.9 Å². The standard InChI is InChI=1S/C24H27NO10/c1-11(21(29)30)33-17(28)10-14(27)22(31)34-15-5-6-24(32)16-9-12-3-4-13(26)19-18(12)23(24,20(15)35-19)7-8-25(16)2/h3-5,11,14,16,20,26-27,32H,6-10H2,1-2H3,(H,29,30)/t11?,14?,16-,20+,23+,24-/m1/s1. The van der Waals surface area contributed by atoms with Crippen molar-refractivity contribution < 1.29 is 49.0 Å². The van der Waals surface area contributed by atoms with Crippen LogP contribution in [0, 0.1) is 0 Å². The van der Waals surface area contributed by atoms with Crippen LogP contribution in [-0.4, -0.2) is 86.8 Å². The molecule has 2 aliphatic heterocycles. The number of aliphatic carboxylic acids is 1. The van der Waals surface area contributed by atoms with Crippen molar-refractivity contribution in [3.05, 3.63) is 35.1 Å². The van der Waals surface area contributed by atoms with Crippen molar-refractivity contribution in [1.82, 2.24) is 4.90 Å². The van der Waals surface area contributed by atoms with Gasteiger partial charge in [-0.2, -0.15) is 0 Å². The highest BCUT2D eigenvalue weighted by molar-refractivity contribution is 5.84. The van der Waals surface area contributed by atoms with Gasteiger partial charge in [-0.15, -0.1) is 0 Å². The first kappa shape index (κ1) is 23.6. The van der Waals surface area contributed by atoms with Crippen LogP contribution in [-0.2, 0) is 35.7 Å². The fraction of sp³-hybridized carbons (Fsp3) is 0.542. The molecule has 1 aromatic rings. The number of phenolic OH excluding ortho intramolecular Hbond substituents is 1. The van der Waals surface area contributed by atoms with E-state index in [4.69, 9.17) is 14.6 Å². The fourth-order valence-corrected chi connectivity index (χ4v) is 6.16. The molecule has 0 amide bonds. The molecular weight excluding hydrogens is 462 g/mol. The van der Waals surface area contributed by atoms with Gasteiger partial charge in [-0.1, -0.05) is 6.07 Å². The summed E-state index contributed by atoms with van der Waals surface area (Å²) in [5.74, 6) is -3.31. The maximum Gasteiger partial charge on any atom is 0.344 e. The summed E-state index contributed by atoms with van der Waals surface area (Å²) in [7, 11) is 1.95. The van der Waals surface area contributed by atoms with E-state index in [-0.39, 0.29) is 29.7 Å². The van der Waals surface area contributed by atoms with Gasteiger partial charge in [-0.05, 0) is 51.1 Å². The molecule has 11 nitrogen and oxygen atoms in total. The molecule has 2 heterocycles. The number of hydrogen-bond donors (Lipinski definition) is 4. The Balaban J connectivity index is 1.42. The van der Waals surface area contributed by atoms with Crippen LogP contribution in [0.25, 0.3) is 0 Å². The second-order valence-electron chi connectivity index (χ2n) is 9.71. The SMILES string of the molecule is CC(OC(=O)CC(O)C(=O)OC1=CC[C@@]2(O)[C@H]3Cc4ccc(O)c5c4[C@@]2(CCN3C)[C@H]1O5)C(=O)O. The van der Waals surface area contributed by atoms with Crippen molar-refractivity contribution in [1.29, 1.82) is 0 Å². The van der Waals surface area contributed by atoms with Crippen LogP contribution in [0.15, 0.2) is 24.0 Å². The molecule has 1 spiro atoms. The summed E-state index contributed by atoms with van der Waals surface area (Å²) < 4.78 is 16.3. The van der Waals surface area contributed by atoms with Gasteiger partial charge in [0, 0.05) is 18.0 Å². The largest absolute Gasteiger partial charge is 0.504 e. The third-order valence-electron chi connectivity index (χ3n) is 7.86. The van der Waals surface area contributed by atoms with E-state index in [9.17, 15) is 29.7 Å². The molecule has 1 aromatic carbocycles. The summed E-state index contributed by atoms with van der Waals surface area (Å²) in [4.78, 5) is 37.5. The Morgan fingerprint density at radius 2 is 2.06 bits per heavy atom. The number of carbonyl (C=O) groups excluding carboxylic acids is 2. The van der Waals surface area contributed by atoms with E-state index < -0.39 is 53.7 Å². The summed E-state index contributed by atoms with van der Waals surface area (Å²) >= 11 is 0. The summed E-state index contributed by atoms with van der Waals surface area (Å²) in [6, 6.07) is 3.16. The van der Waals surface area contributed by atoms with Gasteiger partial charge in [-0.3, -0.25) is 4.79 Å². The van der Waals surface area contributed by atoms with E-state index in [1.165, 1.54) is 0 Å². The highest BCUT2D eigenvalue weighted by atomic mass is 16.6. The number of ether oxygens (including phenoxy) is 3. The lowest BCUT2D eigenvalue weighted by atomic mass is 9.50. The molecule has 4 N–H and O–H groups in total. The molecule has 6 atom stereocenters. The van der Waals surface area contributed by atoms with Gasteiger partial charge in [-0.25, -0.2) is 9.59 Å². The number of carbonyl (C=O) groups is 3. The van der Waals surface area contributed by atoms with Gasteiger partial charge in [0.1, 0.15) is 5.76 Å². The van der Waals surface area contributed by atoms with Gasteiger partial charge in [0.25, 0.3) is 0 Å². The number of carboxylic acids is 1. The van der Waals surface area contributed by atoms with Crippen LogP contribution in [0.5, 0.6) is 11.5 Å². The fourth-order valence-electron chi connectivity index (χ4n) is 6.16. The van der Waals surface area contributed by atoms with Crippen molar-refractivity contribution in [2.45, 2.75) is 68.0 Å². The third kappa shape index (κ3) is 3.25. The molecule has 11 heteroatoms. The van der Waals surface area contributed by atoms with Gasteiger partial charge in [0.05, 0.1) is 17.4 Å². The van der Waals surface area contributed by atoms with Gasteiger partial charge < -0.3 is 39.5 Å². The number of likely N-dealkylation sites (N-methyl/N-ethyl adjacent to an activating group) is 1. The topological polar surface area (TPSA) is 163 Å². The zero-order valence-electron chi connectivity index (χ0n) is 19.3. The molecule has 1 saturated heterocycles. The predicted octanol–water partition coefficient (Wildman–Crippen LogP) is -0.0196. The third-order valence-corrected chi connectivity index (χ3v) is 7.86. The smallest absolute Gasteiger partial charge is 0.344 e. The number of aliphatic hydroxyl groups excluding tert-OH is 1. The van der Waals surface area contributed by atoms with Crippen LogP contribution in [0.2, 0.25) is 0 Å². The second kappa shape index (κ2) is 7.94. The number of aromatic hydroxyl groups is 1. The lowest BCUT2D eigenvalue weighted by molar-refractivity contribution is -0.174. The number of rotatable bonds is 6. The molecule has 2 unspecified atom stereocenters. The average Bonchev–Trinajstić information content (AvgIpc) is 3.15. The molecule has 4 aliphatic rings. The monoisotopic (exact) mass is 489 g/mol. The Labute approximate surface area is 200 Å². The van der Waals surface area contributed by atoms with Crippen LogP contribution < -0.4 is 4.74 Å². The zero-order valence-corrected chi connectivity index (χ0v) is 19.3. The number of esters is 2. The molecule has 2 bridgehead atoms. The summed E-state index contributed by atoms with van der Waals surface area (Å²) in [6.07, 6.45) is -2.26. The molecule has 1 fully saturated rings. The van der Waals surface area contributed by atoms with Crippen LogP contribution in [0.3, 0.4) is 0 Å². The first-order valence-corrected chi connectivity index (χ1v) is 11.5. The van der Waals surface area contributed by atoms with Crippen LogP contribution in [0.4, 0.5) is 0 Å². The number of benzene rings is 1. The van der Waals surface area contributed by atoms with Crippen molar-refractivity contribution in [3.63, 3.8) is 0 Å². The Kier molecular flexibility index (Phi) is 5.35. The number of nitrogens with zero attached hydrogens (tertiary/aromatic N) is 1. The minimum absolute atomic E-state index is 0.0757. The number of carboxylic acid groups (broad SMARTS) is 1. The number of likely N-dealkylation sites (tertiary alicyclic amines) is 1. The minimum atomic E-state index is -1.90. The van der Waals surface area contributed by atoms with E-state index in [1.807, 2.05) is 13.1 Å². The van der Waals surface area contributed by atoms with Crippen LogP contribution in [0.1, 0.15) is 37.3 Å². The van der Waals surface area contributed by atoms with Gasteiger partial charge in [0.15, 0.2) is 29.8 Å². The van der Waals surface area contributed by atoms with E-state index in [2.05, 4.69) is 9.64 Å². The quantitative estimate of drug-likeness (QED) is 0.397. The summed E-state index contributed by atoms with van der Waals surface area (Å²) in [5, 5.41) is 41.6. The number of aliphatic hydroxyl groups is 2. The Bertz CT molecular complexity index is 1150. The minimum Gasteiger partial charge on any atom is -0.504 e. The molecule has 0 radical (unpaired) electrons. The van der Waals surface area contributed by atoms with Gasteiger partial charge >= 0.3 is 17.9 Å². The van der Waals surface area contributed by atoms with E-state index in [1.54, 1.807) is 12.1 Å². The van der Waals surface area contributed by atoms with E-state index >= 15 is 0 Å². The summed E-state index contributed by atoms with van der Waals surface area (Å²) in [6.45, 7) is 1.80. The first-order chi connectivity index (χ1) is 16.5. The van der Waals surface area contributed by atoms with Crippen molar-refractivity contribution in [3.8, 4) is 11.5 Å². The Morgan fingerprint density at radius 3 is 2.77 bits per heavy atom. The molecular formula is C24H27NO10. The zero-order chi connectivity index (χ0) is 25.3. The van der Waals surface area contributed by atoms with Crippen molar-refractivity contribution in [2.75, 3.05) is 13.6 Å². The average molecular weight is 489 g/mol. The maximum atomic E-state index is 12.6. The normalized spacial score (nSPS) is 31.9. The summed E-state index contributed by atoms with van der Waals surface area (Å²) in [5.41, 5.74) is -0.522. The molecule has 2 aliphatic carbocycles.